The first-order valence-corrected chi connectivity index (χ1v) is 9.15. The van der Waals surface area contributed by atoms with Crippen molar-refractivity contribution in [3.05, 3.63) is 65.7 Å². The highest BCUT2D eigenvalue weighted by atomic mass is 35.5. The zero-order chi connectivity index (χ0) is 18.6. The molecule has 1 N–H and O–H groups in total. The molecule has 0 spiro atoms. The molecule has 1 aliphatic rings. The van der Waals surface area contributed by atoms with E-state index < -0.39 is 0 Å². The lowest BCUT2D eigenvalue weighted by Gasteiger charge is -2.35. The number of nitrogens with one attached hydrogen (secondary N) is 1. The Kier molecular flexibility index (Phi) is 4.98. The predicted molar refractivity (Wildman–Crippen MR) is 106 cm³/mol. The van der Waals surface area contributed by atoms with Crippen molar-refractivity contribution in [3.63, 3.8) is 0 Å². The molecular formula is C20H19ClN4O2. The molecule has 138 valence electrons. The van der Waals surface area contributed by atoms with E-state index in [2.05, 4.69) is 15.4 Å². The molecule has 0 bridgehead atoms. The topological polar surface area (TPSA) is 61.6 Å². The van der Waals surface area contributed by atoms with Crippen LogP contribution in [0.25, 0.3) is 11.3 Å². The number of hydrogen-bond acceptors (Lipinski definition) is 4. The van der Waals surface area contributed by atoms with Crippen molar-refractivity contribution in [2.24, 2.45) is 0 Å². The van der Waals surface area contributed by atoms with Crippen molar-refractivity contribution in [1.82, 2.24) is 10.1 Å². The summed E-state index contributed by atoms with van der Waals surface area (Å²) in [5.74, 6) is 1.03. The smallest absolute Gasteiger partial charge is 0.323 e. The lowest BCUT2D eigenvalue weighted by Crippen LogP contribution is -2.50. The van der Waals surface area contributed by atoms with E-state index in [9.17, 15) is 4.79 Å². The summed E-state index contributed by atoms with van der Waals surface area (Å²) in [5, 5.41) is 7.46. The van der Waals surface area contributed by atoms with Crippen molar-refractivity contribution >= 4 is 29.1 Å². The fourth-order valence-electron chi connectivity index (χ4n) is 3.10. The summed E-state index contributed by atoms with van der Waals surface area (Å²) in [4.78, 5) is 16.5. The second-order valence-electron chi connectivity index (χ2n) is 6.33. The number of aromatic nitrogens is 1. The van der Waals surface area contributed by atoms with Gasteiger partial charge in [0.2, 0.25) is 0 Å². The molecule has 2 amide bonds. The van der Waals surface area contributed by atoms with Gasteiger partial charge in [0.1, 0.15) is 0 Å². The third-order valence-corrected chi connectivity index (χ3v) is 4.78. The second kappa shape index (κ2) is 7.72. The van der Waals surface area contributed by atoms with Crippen molar-refractivity contribution in [3.8, 4) is 11.3 Å². The van der Waals surface area contributed by atoms with E-state index in [1.165, 1.54) is 0 Å². The Balaban J connectivity index is 1.34. The molecule has 0 saturated carbocycles. The number of urea groups is 1. The highest BCUT2D eigenvalue weighted by molar-refractivity contribution is 6.30. The van der Waals surface area contributed by atoms with Gasteiger partial charge in [0.15, 0.2) is 11.6 Å². The number of carbonyl (C=O) groups excluding carboxylic acids is 1. The monoisotopic (exact) mass is 382 g/mol. The first-order chi connectivity index (χ1) is 13.2. The third kappa shape index (κ3) is 4.06. The normalized spacial score (nSPS) is 14.3. The third-order valence-electron chi connectivity index (χ3n) is 4.54. The lowest BCUT2D eigenvalue weighted by atomic mass is 10.2. The molecular weight excluding hydrogens is 364 g/mol. The SMILES string of the molecule is O=C(Nc1cc(-c2ccccc2)on1)N1CCN(c2cccc(Cl)c2)CC1. The molecule has 0 radical (unpaired) electrons. The highest BCUT2D eigenvalue weighted by Gasteiger charge is 2.22. The van der Waals surface area contributed by atoms with Gasteiger partial charge in [-0.1, -0.05) is 53.2 Å². The van der Waals surface area contributed by atoms with Crippen LogP contribution in [0.4, 0.5) is 16.3 Å². The zero-order valence-electron chi connectivity index (χ0n) is 14.6. The van der Waals surface area contributed by atoms with Gasteiger partial charge in [0, 0.05) is 48.5 Å². The number of rotatable bonds is 3. The Morgan fingerprint density at radius 3 is 2.52 bits per heavy atom. The summed E-state index contributed by atoms with van der Waals surface area (Å²) < 4.78 is 5.32. The lowest BCUT2D eigenvalue weighted by molar-refractivity contribution is 0.208. The van der Waals surface area contributed by atoms with E-state index in [1.807, 2.05) is 54.6 Å². The Morgan fingerprint density at radius 1 is 1.00 bits per heavy atom. The summed E-state index contributed by atoms with van der Waals surface area (Å²) in [6.45, 7) is 2.76. The summed E-state index contributed by atoms with van der Waals surface area (Å²) >= 11 is 6.06. The van der Waals surface area contributed by atoms with Gasteiger partial charge in [-0.3, -0.25) is 5.32 Å². The molecule has 2 aromatic carbocycles. The van der Waals surface area contributed by atoms with Crippen LogP contribution in [0.3, 0.4) is 0 Å². The van der Waals surface area contributed by atoms with Crippen molar-refractivity contribution < 1.29 is 9.32 Å². The average Bonchev–Trinajstić information content (AvgIpc) is 3.17. The van der Waals surface area contributed by atoms with Crippen molar-refractivity contribution in [2.45, 2.75) is 0 Å². The van der Waals surface area contributed by atoms with Crippen molar-refractivity contribution in [1.29, 1.82) is 0 Å². The van der Waals surface area contributed by atoms with Crippen LogP contribution in [0, 0.1) is 0 Å². The van der Waals surface area contributed by atoms with Gasteiger partial charge >= 0.3 is 6.03 Å². The van der Waals surface area contributed by atoms with Gasteiger partial charge in [0.25, 0.3) is 0 Å². The fourth-order valence-corrected chi connectivity index (χ4v) is 3.29. The van der Waals surface area contributed by atoms with Crippen LogP contribution in [0.1, 0.15) is 0 Å². The minimum atomic E-state index is -0.173. The molecule has 4 rings (SSSR count). The van der Waals surface area contributed by atoms with E-state index in [0.29, 0.717) is 29.7 Å². The molecule has 27 heavy (non-hydrogen) atoms. The quantitative estimate of drug-likeness (QED) is 0.731. The van der Waals surface area contributed by atoms with Gasteiger partial charge in [-0.25, -0.2) is 4.79 Å². The Hall–Kier alpha value is -2.99. The van der Waals surface area contributed by atoms with Crippen LogP contribution < -0.4 is 10.2 Å². The first kappa shape index (κ1) is 17.4. The number of benzene rings is 2. The highest BCUT2D eigenvalue weighted by Crippen LogP contribution is 2.23. The van der Waals surface area contributed by atoms with E-state index in [1.54, 1.807) is 11.0 Å². The number of anilines is 2. The Bertz CT molecular complexity index is 920. The van der Waals surface area contributed by atoms with Gasteiger partial charge in [-0.2, -0.15) is 0 Å². The molecule has 1 aliphatic heterocycles. The maximum atomic E-state index is 12.5. The van der Waals surface area contributed by atoms with Crippen LogP contribution in [-0.2, 0) is 0 Å². The van der Waals surface area contributed by atoms with E-state index in [-0.39, 0.29) is 6.03 Å². The minimum absolute atomic E-state index is 0.173. The van der Waals surface area contributed by atoms with Crippen LogP contribution in [0.5, 0.6) is 0 Å². The average molecular weight is 383 g/mol. The number of hydrogen-bond donors (Lipinski definition) is 1. The molecule has 1 saturated heterocycles. The van der Waals surface area contributed by atoms with Crippen LogP contribution in [0.2, 0.25) is 5.02 Å². The molecule has 6 nitrogen and oxygen atoms in total. The Morgan fingerprint density at radius 2 is 1.78 bits per heavy atom. The summed E-state index contributed by atoms with van der Waals surface area (Å²) in [6, 6.07) is 19.0. The molecule has 3 aromatic rings. The van der Waals surface area contributed by atoms with Gasteiger partial charge < -0.3 is 14.3 Å². The second-order valence-corrected chi connectivity index (χ2v) is 6.76. The maximum Gasteiger partial charge on any atom is 0.323 e. The van der Waals surface area contributed by atoms with Crippen LogP contribution in [-0.4, -0.2) is 42.3 Å². The fraction of sp³-hybridized carbons (Fsp3) is 0.200. The molecule has 0 unspecified atom stereocenters. The maximum absolute atomic E-state index is 12.5. The van der Waals surface area contributed by atoms with Gasteiger partial charge in [-0.05, 0) is 18.2 Å². The van der Waals surface area contributed by atoms with Crippen molar-refractivity contribution in [2.75, 3.05) is 36.4 Å². The molecule has 1 aromatic heterocycles. The number of halogens is 1. The van der Waals surface area contributed by atoms with E-state index in [0.717, 1.165) is 24.3 Å². The molecule has 0 aliphatic carbocycles. The molecule has 7 heteroatoms. The minimum Gasteiger partial charge on any atom is -0.368 e. The largest absolute Gasteiger partial charge is 0.368 e. The standard InChI is InChI=1S/C20H19ClN4O2/c21-16-7-4-8-17(13-16)24-9-11-25(12-10-24)20(26)22-19-14-18(27-23-19)15-5-2-1-3-6-15/h1-8,13-14H,9-12H2,(H,22,23,26). The summed E-state index contributed by atoms with van der Waals surface area (Å²) in [5.41, 5.74) is 1.99. The number of carbonyl (C=O) groups is 1. The number of amides is 2. The molecule has 1 fully saturated rings. The summed E-state index contributed by atoms with van der Waals surface area (Å²) in [7, 11) is 0. The van der Waals surface area contributed by atoms with Gasteiger partial charge in [-0.15, -0.1) is 0 Å². The number of piperazine rings is 1. The zero-order valence-corrected chi connectivity index (χ0v) is 15.4. The van der Waals surface area contributed by atoms with Crippen LogP contribution >= 0.6 is 11.6 Å². The molecule has 0 atom stereocenters. The van der Waals surface area contributed by atoms with Crippen LogP contribution in [0.15, 0.2) is 65.2 Å². The molecule has 2 heterocycles. The predicted octanol–water partition coefficient (Wildman–Crippen LogP) is 4.35. The van der Waals surface area contributed by atoms with E-state index in [4.69, 9.17) is 16.1 Å². The Labute approximate surface area is 162 Å². The first-order valence-electron chi connectivity index (χ1n) is 8.77. The van der Waals surface area contributed by atoms with Gasteiger partial charge in [0.05, 0.1) is 0 Å². The van der Waals surface area contributed by atoms with E-state index >= 15 is 0 Å². The number of nitrogens with zero attached hydrogens (tertiary/aromatic N) is 3. The summed E-state index contributed by atoms with van der Waals surface area (Å²) in [6.07, 6.45) is 0.